The highest BCUT2D eigenvalue weighted by atomic mass is 16.4. The first kappa shape index (κ1) is 14.1. The quantitative estimate of drug-likeness (QED) is 0.854. The van der Waals surface area contributed by atoms with Crippen LogP contribution in [-0.2, 0) is 0 Å². The molecule has 19 heavy (non-hydrogen) atoms. The molecule has 0 aromatic carbocycles. The summed E-state index contributed by atoms with van der Waals surface area (Å²) in [5, 5.41) is 12.4. The van der Waals surface area contributed by atoms with Gasteiger partial charge in [-0.05, 0) is 44.7 Å². The molecule has 1 saturated carbocycles. The summed E-state index contributed by atoms with van der Waals surface area (Å²) in [6.07, 6.45) is 6.60. The molecule has 2 unspecified atom stereocenters. The third-order valence-corrected chi connectivity index (χ3v) is 4.13. The molecule has 4 nitrogen and oxygen atoms in total. The second kappa shape index (κ2) is 6.24. The summed E-state index contributed by atoms with van der Waals surface area (Å²) in [5.41, 5.74) is 0. The van der Waals surface area contributed by atoms with Gasteiger partial charge in [-0.25, -0.2) is 4.79 Å². The molecule has 0 saturated heterocycles. The maximum absolute atomic E-state index is 10.8. The largest absolute Gasteiger partial charge is 0.475 e. The predicted octanol–water partition coefficient (Wildman–Crippen LogP) is 3.60. The molecule has 1 heterocycles. The molecule has 2 rings (SSSR count). The molecule has 0 bridgehead atoms. The molecule has 1 aliphatic carbocycles. The van der Waals surface area contributed by atoms with Gasteiger partial charge in [0.25, 0.3) is 0 Å². The van der Waals surface area contributed by atoms with Crippen LogP contribution in [0.3, 0.4) is 0 Å². The van der Waals surface area contributed by atoms with E-state index in [0.29, 0.717) is 11.8 Å². The third-order valence-electron chi connectivity index (χ3n) is 4.13. The molecule has 1 aromatic heterocycles. The maximum Gasteiger partial charge on any atom is 0.371 e. The molecule has 0 amide bonds. The normalized spacial score (nSPS) is 20.1. The number of rotatable bonds is 5. The van der Waals surface area contributed by atoms with Crippen LogP contribution >= 0.6 is 0 Å². The Hall–Kier alpha value is -1.29. The molecule has 0 radical (unpaired) electrons. The highest BCUT2D eigenvalue weighted by Gasteiger charge is 2.22. The van der Waals surface area contributed by atoms with E-state index in [4.69, 9.17) is 9.52 Å². The van der Waals surface area contributed by atoms with Gasteiger partial charge in [-0.3, -0.25) is 0 Å². The van der Waals surface area contributed by atoms with Crippen LogP contribution in [0.2, 0.25) is 0 Å². The van der Waals surface area contributed by atoms with E-state index in [1.807, 2.05) is 6.92 Å². The van der Waals surface area contributed by atoms with Crippen molar-refractivity contribution in [1.82, 2.24) is 5.32 Å². The lowest BCUT2D eigenvalue weighted by molar-refractivity contribution is 0.0659. The Morgan fingerprint density at radius 3 is 2.58 bits per heavy atom. The zero-order valence-corrected chi connectivity index (χ0v) is 11.7. The lowest BCUT2D eigenvalue weighted by Crippen LogP contribution is -2.36. The van der Waals surface area contributed by atoms with Crippen molar-refractivity contribution in [1.29, 1.82) is 0 Å². The van der Waals surface area contributed by atoms with Gasteiger partial charge < -0.3 is 14.8 Å². The van der Waals surface area contributed by atoms with E-state index >= 15 is 0 Å². The summed E-state index contributed by atoms with van der Waals surface area (Å²) in [6, 6.07) is 3.74. The number of nitrogens with one attached hydrogen (secondary N) is 1. The first-order valence-corrected chi connectivity index (χ1v) is 7.17. The van der Waals surface area contributed by atoms with Crippen LogP contribution in [0.4, 0.5) is 0 Å². The van der Waals surface area contributed by atoms with Gasteiger partial charge in [-0.15, -0.1) is 0 Å². The van der Waals surface area contributed by atoms with Gasteiger partial charge in [0.05, 0.1) is 6.04 Å². The number of hydrogen-bond donors (Lipinski definition) is 2. The molecule has 1 fully saturated rings. The van der Waals surface area contributed by atoms with Gasteiger partial charge in [-0.2, -0.15) is 0 Å². The van der Waals surface area contributed by atoms with Crippen molar-refractivity contribution >= 4 is 5.97 Å². The first-order valence-electron chi connectivity index (χ1n) is 7.17. The van der Waals surface area contributed by atoms with E-state index in [1.165, 1.54) is 38.2 Å². The Morgan fingerprint density at radius 1 is 1.32 bits per heavy atom. The maximum atomic E-state index is 10.8. The highest BCUT2D eigenvalue weighted by molar-refractivity contribution is 5.84. The van der Waals surface area contributed by atoms with Gasteiger partial charge in [0, 0.05) is 6.04 Å². The molecule has 0 spiro atoms. The SMILES string of the molecule is CC(NC(C)C1CCCCC1)c1ccc(C(=O)O)o1. The molecule has 106 valence electrons. The third kappa shape index (κ3) is 3.60. The molecule has 1 aromatic rings. The average Bonchev–Trinajstić information content (AvgIpc) is 2.89. The Kier molecular flexibility index (Phi) is 4.64. The van der Waals surface area contributed by atoms with Gasteiger partial charge >= 0.3 is 5.97 Å². The second-order valence-electron chi connectivity index (χ2n) is 5.58. The summed E-state index contributed by atoms with van der Waals surface area (Å²) in [7, 11) is 0. The Balaban J connectivity index is 1.91. The van der Waals surface area contributed by atoms with Crippen molar-refractivity contribution in [2.24, 2.45) is 5.92 Å². The van der Waals surface area contributed by atoms with E-state index in [9.17, 15) is 4.79 Å². The fourth-order valence-corrected chi connectivity index (χ4v) is 2.95. The van der Waals surface area contributed by atoms with Crippen LogP contribution < -0.4 is 5.32 Å². The standard InChI is InChI=1S/C15H23NO3/c1-10(12-6-4-3-5-7-12)16-11(2)13-8-9-14(19-13)15(17)18/h8-12,16H,3-7H2,1-2H3,(H,17,18). The van der Waals surface area contributed by atoms with Crippen LogP contribution in [0.5, 0.6) is 0 Å². The molecule has 4 heteroatoms. The monoisotopic (exact) mass is 265 g/mol. The average molecular weight is 265 g/mol. The summed E-state index contributed by atoms with van der Waals surface area (Å²) < 4.78 is 5.33. The lowest BCUT2D eigenvalue weighted by atomic mass is 9.84. The van der Waals surface area contributed by atoms with Crippen molar-refractivity contribution < 1.29 is 14.3 Å². The molecular formula is C15H23NO3. The summed E-state index contributed by atoms with van der Waals surface area (Å²) >= 11 is 0. The molecule has 1 aliphatic rings. The smallest absolute Gasteiger partial charge is 0.371 e. The van der Waals surface area contributed by atoms with Crippen LogP contribution in [0.1, 0.15) is 68.3 Å². The Labute approximate surface area is 114 Å². The van der Waals surface area contributed by atoms with E-state index in [2.05, 4.69) is 12.2 Å². The fraction of sp³-hybridized carbons (Fsp3) is 0.667. The minimum absolute atomic E-state index is 0.00831. The van der Waals surface area contributed by atoms with E-state index in [-0.39, 0.29) is 11.8 Å². The Morgan fingerprint density at radius 2 is 2.00 bits per heavy atom. The van der Waals surface area contributed by atoms with Crippen LogP contribution in [0.25, 0.3) is 0 Å². The van der Waals surface area contributed by atoms with Gasteiger partial charge in [0.2, 0.25) is 5.76 Å². The first-order chi connectivity index (χ1) is 9.08. The van der Waals surface area contributed by atoms with Gasteiger partial charge in [0.15, 0.2) is 0 Å². The van der Waals surface area contributed by atoms with Gasteiger partial charge in [-0.1, -0.05) is 19.3 Å². The van der Waals surface area contributed by atoms with Crippen molar-refractivity contribution in [3.05, 3.63) is 23.7 Å². The summed E-state index contributed by atoms with van der Waals surface area (Å²) in [6.45, 7) is 4.23. The molecule has 2 atom stereocenters. The number of carbonyl (C=O) groups is 1. The fourth-order valence-electron chi connectivity index (χ4n) is 2.95. The van der Waals surface area contributed by atoms with Crippen LogP contribution in [0.15, 0.2) is 16.5 Å². The van der Waals surface area contributed by atoms with E-state index in [1.54, 1.807) is 6.07 Å². The topological polar surface area (TPSA) is 62.5 Å². The van der Waals surface area contributed by atoms with Crippen molar-refractivity contribution in [3.63, 3.8) is 0 Å². The molecule has 0 aliphatic heterocycles. The number of hydrogen-bond acceptors (Lipinski definition) is 3. The number of carboxylic acid groups (broad SMARTS) is 1. The molecule has 2 N–H and O–H groups in total. The van der Waals surface area contributed by atoms with Crippen LogP contribution in [-0.4, -0.2) is 17.1 Å². The van der Waals surface area contributed by atoms with Crippen molar-refractivity contribution in [2.75, 3.05) is 0 Å². The van der Waals surface area contributed by atoms with E-state index < -0.39 is 5.97 Å². The predicted molar refractivity (Wildman–Crippen MR) is 73.3 cm³/mol. The van der Waals surface area contributed by atoms with Crippen molar-refractivity contribution in [2.45, 2.75) is 58.0 Å². The zero-order chi connectivity index (χ0) is 13.8. The second-order valence-corrected chi connectivity index (χ2v) is 5.58. The van der Waals surface area contributed by atoms with Gasteiger partial charge in [0.1, 0.15) is 5.76 Å². The number of aromatic carboxylic acids is 1. The van der Waals surface area contributed by atoms with E-state index in [0.717, 1.165) is 5.92 Å². The minimum atomic E-state index is -1.02. The van der Waals surface area contributed by atoms with Crippen molar-refractivity contribution in [3.8, 4) is 0 Å². The number of carboxylic acids is 1. The summed E-state index contributed by atoms with van der Waals surface area (Å²) in [4.78, 5) is 10.8. The Bertz CT molecular complexity index is 421. The molecular weight excluding hydrogens is 242 g/mol. The highest BCUT2D eigenvalue weighted by Crippen LogP contribution is 2.28. The minimum Gasteiger partial charge on any atom is -0.475 e. The lowest BCUT2D eigenvalue weighted by Gasteiger charge is -2.30. The zero-order valence-electron chi connectivity index (χ0n) is 11.7. The number of furan rings is 1. The van der Waals surface area contributed by atoms with Crippen LogP contribution in [0, 0.1) is 5.92 Å². The summed E-state index contributed by atoms with van der Waals surface area (Å²) in [5.74, 6) is 0.415.